The standard InChI is InChI=1S/C21H15ClN6O2S/c1-2-9-27-19(30)15-5-3-4-6-17(15)28-20(27)25-26-21(28)31-12-18(29)24-14-8-7-13(11-23)16(22)10-14/h2-8,10H,1,9,12H2,(H,24,29). The number of carbonyl (C=O) groups is 1. The molecule has 8 nitrogen and oxygen atoms in total. The van der Waals surface area contributed by atoms with Crippen LogP contribution in [0.1, 0.15) is 5.56 Å². The fourth-order valence-corrected chi connectivity index (χ4v) is 4.09. The number of nitrogens with zero attached hydrogens (tertiary/aromatic N) is 5. The number of hydrogen-bond acceptors (Lipinski definition) is 6. The normalized spacial score (nSPS) is 10.8. The van der Waals surface area contributed by atoms with Crippen LogP contribution in [0.2, 0.25) is 5.02 Å². The largest absolute Gasteiger partial charge is 0.325 e. The second-order valence-electron chi connectivity index (χ2n) is 6.48. The Bertz CT molecular complexity index is 1440. The van der Waals surface area contributed by atoms with Gasteiger partial charge in [-0.25, -0.2) is 0 Å². The van der Waals surface area contributed by atoms with Crippen LogP contribution in [0.5, 0.6) is 0 Å². The van der Waals surface area contributed by atoms with Gasteiger partial charge in [0, 0.05) is 12.2 Å². The maximum Gasteiger partial charge on any atom is 0.263 e. The zero-order valence-corrected chi connectivity index (χ0v) is 17.7. The van der Waals surface area contributed by atoms with Gasteiger partial charge in [-0.3, -0.25) is 18.6 Å². The molecule has 1 N–H and O–H groups in total. The van der Waals surface area contributed by atoms with Gasteiger partial charge >= 0.3 is 0 Å². The van der Waals surface area contributed by atoms with Gasteiger partial charge in [0.25, 0.3) is 5.56 Å². The van der Waals surface area contributed by atoms with Gasteiger partial charge in [0.1, 0.15) is 6.07 Å². The first kappa shape index (κ1) is 20.7. The number of carbonyl (C=O) groups excluding carboxylic acids is 1. The first-order chi connectivity index (χ1) is 15.0. The van der Waals surface area contributed by atoms with Crippen LogP contribution in [0.4, 0.5) is 5.69 Å². The molecule has 2 aromatic carbocycles. The van der Waals surface area contributed by atoms with Crippen LogP contribution < -0.4 is 10.9 Å². The summed E-state index contributed by atoms with van der Waals surface area (Å²) in [6.45, 7) is 3.99. The first-order valence-corrected chi connectivity index (χ1v) is 10.5. The summed E-state index contributed by atoms with van der Waals surface area (Å²) in [7, 11) is 0. The molecular weight excluding hydrogens is 436 g/mol. The molecule has 0 radical (unpaired) electrons. The molecule has 0 aliphatic heterocycles. The van der Waals surface area contributed by atoms with Gasteiger partial charge in [-0.2, -0.15) is 5.26 Å². The van der Waals surface area contributed by atoms with E-state index in [1.165, 1.54) is 22.4 Å². The van der Waals surface area contributed by atoms with Crippen molar-refractivity contribution in [1.82, 2.24) is 19.2 Å². The molecule has 0 saturated carbocycles. The number of para-hydroxylation sites is 1. The second-order valence-corrected chi connectivity index (χ2v) is 7.83. The van der Waals surface area contributed by atoms with E-state index in [4.69, 9.17) is 16.9 Å². The Hall–Kier alpha value is -3.61. The Morgan fingerprint density at radius 3 is 2.84 bits per heavy atom. The monoisotopic (exact) mass is 450 g/mol. The van der Waals surface area contributed by atoms with Crippen molar-refractivity contribution in [2.24, 2.45) is 0 Å². The van der Waals surface area contributed by atoms with E-state index >= 15 is 0 Å². The van der Waals surface area contributed by atoms with Gasteiger partial charge in [0.15, 0.2) is 5.16 Å². The molecule has 0 atom stereocenters. The molecule has 0 bridgehead atoms. The van der Waals surface area contributed by atoms with Gasteiger partial charge in [0.2, 0.25) is 11.7 Å². The number of allylic oxidation sites excluding steroid dienone is 1. The van der Waals surface area contributed by atoms with Crippen molar-refractivity contribution in [3.63, 3.8) is 0 Å². The molecular formula is C21H15ClN6O2S. The van der Waals surface area contributed by atoms with Crippen LogP contribution >= 0.6 is 23.4 Å². The Kier molecular flexibility index (Phi) is 5.75. The number of nitriles is 1. The van der Waals surface area contributed by atoms with Crippen LogP contribution in [-0.2, 0) is 11.3 Å². The summed E-state index contributed by atoms with van der Waals surface area (Å²) in [5.41, 5.74) is 1.31. The minimum Gasteiger partial charge on any atom is -0.325 e. The Labute approximate surface area is 185 Å². The van der Waals surface area contributed by atoms with Crippen molar-refractivity contribution >= 4 is 51.6 Å². The van der Waals surface area contributed by atoms with Crippen molar-refractivity contribution in [2.45, 2.75) is 11.7 Å². The summed E-state index contributed by atoms with van der Waals surface area (Å²) in [4.78, 5) is 25.2. The van der Waals surface area contributed by atoms with Crippen molar-refractivity contribution in [1.29, 1.82) is 5.26 Å². The Balaban J connectivity index is 1.63. The van der Waals surface area contributed by atoms with E-state index in [9.17, 15) is 9.59 Å². The molecule has 31 heavy (non-hydrogen) atoms. The zero-order valence-electron chi connectivity index (χ0n) is 16.1. The summed E-state index contributed by atoms with van der Waals surface area (Å²) in [5, 5.41) is 21.3. The Morgan fingerprint density at radius 1 is 1.29 bits per heavy atom. The minimum absolute atomic E-state index is 0.0628. The van der Waals surface area contributed by atoms with Crippen LogP contribution in [0.25, 0.3) is 16.7 Å². The molecule has 2 aromatic heterocycles. The number of rotatable bonds is 6. The number of aromatic nitrogens is 4. The summed E-state index contributed by atoms with van der Waals surface area (Å²) in [6.07, 6.45) is 1.62. The van der Waals surface area contributed by atoms with E-state index in [1.54, 1.807) is 34.7 Å². The Morgan fingerprint density at radius 2 is 2.10 bits per heavy atom. The smallest absolute Gasteiger partial charge is 0.263 e. The number of nitrogens with one attached hydrogen (secondary N) is 1. The molecule has 1 amide bonds. The number of fused-ring (bicyclic) bond motifs is 3. The summed E-state index contributed by atoms with van der Waals surface area (Å²) in [6, 6.07) is 13.8. The lowest BCUT2D eigenvalue weighted by Crippen LogP contribution is -2.22. The average Bonchev–Trinajstić information content (AvgIpc) is 3.19. The highest BCUT2D eigenvalue weighted by Gasteiger charge is 2.17. The van der Waals surface area contributed by atoms with Gasteiger partial charge in [0.05, 0.1) is 27.2 Å². The lowest BCUT2D eigenvalue weighted by Gasteiger charge is -2.10. The number of halogens is 1. The fourth-order valence-electron chi connectivity index (χ4n) is 3.13. The number of anilines is 1. The lowest BCUT2D eigenvalue weighted by atomic mass is 10.2. The highest BCUT2D eigenvalue weighted by atomic mass is 35.5. The van der Waals surface area contributed by atoms with Gasteiger partial charge in [-0.1, -0.05) is 41.6 Å². The number of hydrogen-bond donors (Lipinski definition) is 1. The minimum atomic E-state index is -0.272. The van der Waals surface area contributed by atoms with Crippen molar-refractivity contribution in [3.05, 3.63) is 76.1 Å². The van der Waals surface area contributed by atoms with E-state index < -0.39 is 0 Å². The third-order valence-corrected chi connectivity index (χ3v) is 5.74. The maximum atomic E-state index is 12.8. The van der Waals surface area contributed by atoms with Gasteiger partial charge in [-0.05, 0) is 30.3 Å². The fraction of sp³-hybridized carbons (Fsp3) is 0.0952. The third-order valence-electron chi connectivity index (χ3n) is 4.50. The highest BCUT2D eigenvalue weighted by Crippen LogP contribution is 2.23. The summed E-state index contributed by atoms with van der Waals surface area (Å²) >= 11 is 7.20. The molecule has 0 saturated heterocycles. The molecule has 4 aromatic rings. The third kappa shape index (κ3) is 3.91. The van der Waals surface area contributed by atoms with E-state index in [2.05, 4.69) is 22.1 Å². The second kappa shape index (κ2) is 8.63. The molecule has 10 heteroatoms. The number of thioether (sulfide) groups is 1. The first-order valence-electron chi connectivity index (χ1n) is 9.13. The number of benzene rings is 2. The summed E-state index contributed by atoms with van der Waals surface area (Å²) in [5.74, 6) is 0.171. The van der Waals surface area contributed by atoms with Crippen molar-refractivity contribution in [2.75, 3.05) is 11.1 Å². The molecule has 0 aliphatic carbocycles. The van der Waals surface area contributed by atoms with Gasteiger partial charge < -0.3 is 5.32 Å². The quantitative estimate of drug-likeness (QED) is 0.356. The predicted octanol–water partition coefficient (Wildman–Crippen LogP) is 3.49. The van der Waals surface area contributed by atoms with E-state index in [-0.39, 0.29) is 28.8 Å². The van der Waals surface area contributed by atoms with Crippen LogP contribution in [0.15, 0.2) is 65.1 Å². The molecule has 154 valence electrons. The highest BCUT2D eigenvalue weighted by molar-refractivity contribution is 7.99. The predicted molar refractivity (Wildman–Crippen MR) is 120 cm³/mol. The van der Waals surface area contributed by atoms with Crippen LogP contribution in [0.3, 0.4) is 0 Å². The van der Waals surface area contributed by atoms with Crippen molar-refractivity contribution < 1.29 is 4.79 Å². The lowest BCUT2D eigenvalue weighted by molar-refractivity contribution is -0.113. The van der Waals surface area contributed by atoms with E-state index in [1.807, 2.05) is 18.2 Å². The van der Waals surface area contributed by atoms with E-state index in [0.717, 1.165) is 0 Å². The molecule has 0 aliphatic rings. The molecule has 0 spiro atoms. The zero-order chi connectivity index (χ0) is 22.0. The average molecular weight is 451 g/mol. The number of amides is 1. The van der Waals surface area contributed by atoms with Crippen molar-refractivity contribution in [3.8, 4) is 6.07 Å². The van der Waals surface area contributed by atoms with Gasteiger partial charge in [-0.15, -0.1) is 16.8 Å². The SMILES string of the molecule is C=CCn1c(=O)c2ccccc2n2c(SCC(=O)Nc3ccc(C#N)c(Cl)c3)nnc12. The van der Waals surface area contributed by atoms with Crippen LogP contribution in [-0.4, -0.2) is 30.8 Å². The molecule has 0 fully saturated rings. The van der Waals surface area contributed by atoms with Crippen LogP contribution in [0, 0.1) is 11.3 Å². The maximum absolute atomic E-state index is 12.8. The molecule has 0 unspecified atom stereocenters. The summed E-state index contributed by atoms with van der Waals surface area (Å²) < 4.78 is 3.25. The molecule has 4 rings (SSSR count). The van der Waals surface area contributed by atoms with E-state index in [0.29, 0.717) is 33.1 Å². The molecule has 2 heterocycles. The topological polar surface area (TPSA) is 105 Å².